The molecule has 0 aliphatic rings. The average molecular weight is 293 g/mol. The van der Waals surface area contributed by atoms with Crippen LogP contribution in [0.4, 0.5) is 0 Å². The van der Waals surface area contributed by atoms with Crippen LogP contribution in [0.1, 0.15) is 5.01 Å². The second-order valence-corrected chi connectivity index (χ2v) is 5.15. The zero-order chi connectivity index (χ0) is 14.0. The molecule has 0 atom stereocenters. The summed E-state index contributed by atoms with van der Waals surface area (Å²) < 4.78 is 5.16. The molecule has 2 rings (SSSR count). The first-order valence-corrected chi connectivity index (χ1v) is 7.52. The van der Waals surface area contributed by atoms with Gasteiger partial charge in [0.05, 0.1) is 30.5 Å². The molecule has 0 aliphatic carbocycles. The second kappa shape index (κ2) is 8.76. The minimum Gasteiger partial charge on any atom is -0.394 e. The van der Waals surface area contributed by atoms with Crippen LogP contribution in [0.5, 0.6) is 0 Å². The number of nitrogens with one attached hydrogen (secondary N) is 1. The van der Waals surface area contributed by atoms with Crippen molar-refractivity contribution in [2.75, 3.05) is 32.9 Å². The molecule has 0 aromatic carbocycles. The lowest BCUT2D eigenvalue weighted by molar-refractivity contribution is 0.0940. The molecule has 0 aliphatic heterocycles. The molecule has 0 saturated heterocycles. The molecular weight excluding hydrogens is 274 g/mol. The summed E-state index contributed by atoms with van der Waals surface area (Å²) in [6.07, 6.45) is 4.50. The van der Waals surface area contributed by atoms with Gasteiger partial charge in [0.25, 0.3) is 0 Å². The Balaban J connectivity index is 1.69. The lowest BCUT2D eigenvalue weighted by Crippen LogP contribution is -2.22. The molecule has 2 aromatic rings. The van der Waals surface area contributed by atoms with E-state index in [4.69, 9.17) is 9.84 Å². The van der Waals surface area contributed by atoms with Crippen molar-refractivity contribution in [1.29, 1.82) is 0 Å². The number of pyridine rings is 1. The van der Waals surface area contributed by atoms with Crippen LogP contribution < -0.4 is 5.32 Å². The van der Waals surface area contributed by atoms with Crippen molar-refractivity contribution in [2.45, 2.75) is 6.42 Å². The van der Waals surface area contributed by atoms with E-state index < -0.39 is 0 Å². The summed E-state index contributed by atoms with van der Waals surface area (Å²) >= 11 is 1.67. The molecule has 2 aromatic heterocycles. The van der Waals surface area contributed by atoms with Gasteiger partial charge in [0.2, 0.25) is 0 Å². The quantitative estimate of drug-likeness (QED) is 0.683. The SMILES string of the molecule is OCCOCCNCCc1nc(-c2cccnc2)cs1. The fourth-order valence-corrected chi connectivity index (χ4v) is 2.51. The third-order valence-corrected chi connectivity index (χ3v) is 3.59. The fraction of sp³-hybridized carbons (Fsp3) is 0.429. The third-order valence-electron chi connectivity index (χ3n) is 2.68. The Morgan fingerprint density at radius 1 is 1.30 bits per heavy atom. The van der Waals surface area contributed by atoms with Gasteiger partial charge in [-0.1, -0.05) is 0 Å². The van der Waals surface area contributed by atoms with E-state index in [0.717, 1.165) is 35.8 Å². The van der Waals surface area contributed by atoms with E-state index in [9.17, 15) is 0 Å². The number of aromatic nitrogens is 2. The summed E-state index contributed by atoms with van der Waals surface area (Å²) in [5.41, 5.74) is 2.05. The molecule has 6 heteroatoms. The molecule has 0 radical (unpaired) electrons. The van der Waals surface area contributed by atoms with Crippen LogP contribution in [0.15, 0.2) is 29.9 Å². The molecule has 2 heterocycles. The zero-order valence-corrected chi connectivity index (χ0v) is 12.1. The predicted molar refractivity (Wildman–Crippen MR) is 79.8 cm³/mol. The summed E-state index contributed by atoms with van der Waals surface area (Å²) in [6, 6.07) is 3.94. The number of hydrogen-bond donors (Lipinski definition) is 2. The highest BCUT2D eigenvalue weighted by Gasteiger charge is 2.04. The Kier molecular flexibility index (Phi) is 6.59. The van der Waals surface area contributed by atoms with Crippen molar-refractivity contribution >= 4 is 11.3 Å². The van der Waals surface area contributed by atoms with Crippen LogP contribution in [-0.2, 0) is 11.2 Å². The molecule has 0 saturated carbocycles. The van der Waals surface area contributed by atoms with E-state index >= 15 is 0 Å². The minimum atomic E-state index is 0.0796. The average Bonchev–Trinajstić information content (AvgIpc) is 2.96. The van der Waals surface area contributed by atoms with Crippen molar-refractivity contribution < 1.29 is 9.84 Å². The largest absolute Gasteiger partial charge is 0.394 e. The molecule has 0 unspecified atom stereocenters. The molecule has 2 N–H and O–H groups in total. The first-order valence-electron chi connectivity index (χ1n) is 6.64. The minimum absolute atomic E-state index is 0.0796. The van der Waals surface area contributed by atoms with Gasteiger partial charge in [-0.2, -0.15) is 0 Å². The van der Waals surface area contributed by atoms with Crippen molar-refractivity contribution in [3.8, 4) is 11.3 Å². The van der Waals surface area contributed by atoms with E-state index in [1.54, 1.807) is 17.5 Å². The standard InChI is InChI=1S/C14H19N3O2S/c18-7-9-19-8-6-15-5-3-14-17-13(11-20-14)12-2-1-4-16-10-12/h1-2,4,10-11,15,18H,3,5-9H2. The van der Waals surface area contributed by atoms with Crippen LogP contribution in [0.3, 0.4) is 0 Å². The van der Waals surface area contributed by atoms with Gasteiger partial charge in [0.1, 0.15) is 0 Å². The summed E-state index contributed by atoms with van der Waals surface area (Å²) in [5, 5.41) is 15.0. The first-order chi connectivity index (χ1) is 9.90. The monoisotopic (exact) mass is 293 g/mol. The molecule has 0 bridgehead atoms. The Labute approximate surface area is 122 Å². The van der Waals surface area contributed by atoms with Crippen molar-refractivity contribution in [3.05, 3.63) is 34.9 Å². The molecular formula is C14H19N3O2S. The molecule has 0 amide bonds. The van der Waals surface area contributed by atoms with Crippen LogP contribution >= 0.6 is 11.3 Å². The second-order valence-electron chi connectivity index (χ2n) is 4.20. The molecule has 20 heavy (non-hydrogen) atoms. The van der Waals surface area contributed by atoms with Gasteiger partial charge in [-0.15, -0.1) is 11.3 Å². The topological polar surface area (TPSA) is 67.3 Å². The van der Waals surface area contributed by atoms with Crippen molar-refractivity contribution in [2.24, 2.45) is 0 Å². The Morgan fingerprint density at radius 2 is 2.25 bits per heavy atom. The van der Waals surface area contributed by atoms with Crippen LogP contribution in [0.2, 0.25) is 0 Å². The lowest BCUT2D eigenvalue weighted by atomic mass is 10.2. The number of thiazole rings is 1. The van der Waals surface area contributed by atoms with Crippen molar-refractivity contribution in [3.63, 3.8) is 0 Å². The number of aliphatic hydroxyl groups is 1. The normalized spacial score (nSPS) is 10.8. The van der Waals surface area contributed by atoms with E-state index in [0.29, 0.717) is 13.2 Å². The van der Waals surface area contributed by atoms with E-state index in [1.165, 1.54) is 0 Å². The van der Waals surface area contributed by atoms with Gasteiger partial charge >= 0.3 is 0 Å². The third kappa shape index (κ3) is 4.97. The Morgan fingerprint density at radius 3 is 3.05 bits per heavy atom. The molecule has 108 valence electrons. The van der Waals surface area contributed by atoms with Gasteiger partial charge in [-0.3, -0.25) is 4.98 Å². The van der Waals surface area contributed by atoms with Crippen LogP contribution in [-0.4, -0.2) is 48.0 Å². The number of ether oxygens (including phenoxy) is 1. The smallest absolute Gasteiger partial charge is 0.0945 e. The highest BCUT2D eigenvalue weighted by molar-refractivity contribution is 7.09. The highest BCUT2D eigenvalue weighted by Crippen LogP contribution is 2.20. The van der Waals surface area contributed by atoms with E-state index in [1.807, 2.05) is 18.3 Å². The Bertz CT molecular complexity index is 490. The number of hydrogen-bond acceptors (Lipinski definition) is 6. The van der Waals surface area contributed by atoms with E-state index in [2.05, 4.69) is 20.7 Å². The maximum atomic E-state index is 8.56. The summed E-state index contributed by atoms with van der Waals surface area (Å²) in [7, 11) is 0. The van der Waals surface area contributed by atoms with Gasteiger partial charge in [-0.25, -0.2) is 4.98 Å². The maximum absolute atomic E-state index is 8.56. The summed E-state index contributed by atoms with van der Waals surface area (Å²) in [5.74, 6) is 0. The first kappa shape index (κ1) is 15.1. The van der Waals surface area contributed by atoms with Gasteiger partial charge in [-0.05, 0) is 12.1 Å². The summed E-state index contributed by atoms with van der Waals surface area (Å²) in [4.78, 5) is 8.70. The van der Waals surface area contributed by atoms with Gasteiger partial charge in [0.15, 0.2) is 0 Å². The van der Waals surface area contributed by atoms with Gasteiger partial charge in [0, 0.05) is 42.8 Å². The predicted octanol–water partition coefficient (Wildman–Crippen LogP) is 1.35. The van der Waals surface area contributed by atoms with Crippen LogP contribution in [0, 0.1) is 0 Å². The molecule has 0 spiro atoms. The molecule has 0 fully saturated rings. The maximum Gasteiger partial charge on any atom is 0.0945 e. The fourth-order valence-electron chi connectivity index (χ4n) is 1.70. The Hall–Kier alpha value is -1.34. The zero-order valence-electron chi connectivity index (χ0n) is 11.3. The lowest BCUT2D eigenvalue weighted by Gasteiger charge is -2.03. The molecule has 5 nitrogen and oxygen atoms in total. The van der Waals surface area contributed by atoms with Crippen molar-refractivity contribution in [1.82, 2.24) is 15.3 Å². The van der Waals surface area contributed by atoms with Gasteiger partial charge < -0.3 is 15.2 Å². The number of nitrogens with zero attached hydrogens (tertiary/aromatic N) is 2. The number of aliphatic hydroxyl groups excluding tert-OH is 1. The number of rotatable bonds is 9. The van der Waals surface area contributed by atoms with E-state index in [-0.39, 0.29) is 6.61 Å². The summed E-state index contributed by atoms with van der Waals surface area (Å²) in [6.45, 7) is 2.78. The van der Waals surface area contributed by atoms with Crippen LogP contribution in [0.25, 0.3) is 11.3 Å². The highest BCUT2D eigenvalue weighted by atomic mass is 32.1.